The van der Waals surface area contributed by atoms with Gasteiger partial charge < -0.3 is 21.2 Å². The van der Waals surface area contributed by atoms with Crippen molar-refractivity contribution in [2.24, 2.45) is 5.73 Å². The highest BCUT2D eigenvalue weighted by Crippen LogP contribution is 2.22. The Balaban J connectivity index is 3.20. The summed E-state index contributed by atoms with van der Waals surface area (Å²) < 4.78 is 39.2. The molecule has 8 heteroatoms. The highest BCUT2D eigenvalue weighted by Gasteiger charge is 2.33. The van der Waals surface area contributed by atoms with Crippen molar-refractivity contribution in [1.82, 2.24) is 4.98 Å². The SMILES string of the molecule is NCc1c(OC(F)(F)F)[nH]cc(N)c1=O. The lowest BCUT2D eigenvalue weighted by Gasteiger charge is -2.11. The molecule has 0 aliphatic rings. The van der Waals surface area contributed by atoms with Crippen LogP contribution >= 0.6 is 0 Å². The molecule has 0 atom stereocenters. The van der Waals surface area contributed by atoms with Gasteiger partial charge in [-0.05, 0) is 0 Å². The molecule has 0 aromatic carbocycles. The van der Waals surface area contributed by atoms with Crippen molar-refractivity contribution < 1.29 is 17.9 Å². The normalized spacial score (nSPS) is 11.5. The second-order valence-electron chi connectivity index (χ2n) is 2.63. The van der Waals surface area contributed by atoms with Gasteiger partial charge in [0.2, 0.25) is 11.3 Å². The average Bonchev–Trinajstić information content (AvgIpc) is 2.10. The van der Waals surface area contributed by atoms with E-state index in [0.29, 0.717) is 0 Å². The molecule has 0 aliphatic carbocycles. The fourth-order valence-corrected chi connectivity index (χ4v) is 0.965. The van der Waals surface area contributed by atoms with Gasteiger partial charge in [-0.25, -0.2) is 0 Å². The number of ether oxygens (including phenoxy) is 1. The summed E-state index contributed by atoms with van der Waals surface area (Å²) in [5.41, 5.74) is 8.98. The van der Waals surface area contributed by atoms with Gasteiger partial charge >= 0.3 is 6.36 Å². The number of hydrogen-bond acceptors (Lipinski definition) is 4. The van der Waals surface area contributed by atoms with Crippen molar-refractivity contribution in [2.75, 3.05) is 5.73 Å². The average molecular weight is 223 g/mol. The van der Waals surface area contributed by atoms with E-state index in [9.17, 15) is 18.0 Å². The van der Waals surface area contributed by atoms with E-state index in [0.717, 1.165) is 6.20 Å². The van der Waals surface area contributed by atoms with E-state index in [1.165, 1.54) is 0 Å². The Kier molecular flexibility index (Phi) is 2.89. The van der Waals surface area contributed by atoms with E-state index >= 15 is 0 Å². The predicted molar refractivity (Wildman–Crippen MR) is 46.0 cm³/mol. The van der Waals surface area contributed by atoms with E-state index in [1.54, 1.807) is 0 Å². The number of pyridine rings is 1. The highest BCUT2D eigenvalue weighted by molar-refractivity contribution is 5.42. The molecule has 0 radical (unpaired) electrons. The molecule has 0 aliphatic heterocycles. The molecular weight excluding hydrogens is 215 g/mol. The standard InChI is InChI=1S/C7H8F3N3O2/c8-7(9,10)15-6-3(1-11)5(14)4(12)2-13-6/h2H,1,11-12H2,(H,13,14). The van der Waals surface area contributed by atoms with Gasteiger partial charge in [-0.1, -0.05) is 0 Å². The van der Waals surface area contributed by atoms with Crippen LogP contribution in [-0.2, 0) is 6.54 Å². The Labute approximate surface area is 81.8 Å². The fraction of sp³-hybridized carbons (Fsp3) is 0.286. The molecule has 5 N–H and O–H groups in total. The zero-order valence-corrected chi connectivity index (χ0v) is 7.39. The smallest absolute Gasteiger partial charge is 0.394 e. The number of nitrogens with two attached hydrogens (primary N) is 2. The summed E-state index contributed by atoms with van der Waals surface area (Å²) in [6.45, 7) is -0.397. The molecule has 0 fully saturated rings. The van der Waals surface area contributed by atoms with Crippen LogP contribution in [0.1, 0.15) is 5.56 Å². The quantitative estimate of drug-likeness (QED) is 0.672. The maximum atomic E-state index is 11.9. The van der Waals surface area contributed by atoms with Crippen LogP contribution in [0.3, 0.4) is 0 Å². The first-order valence-corrected chi connectivity index (χ1v) is 3.81. The van der Waals surface area contributed by atoms with Gasteiger partial charge in [0.15, 0.2) is 0 Å². The van der Waals surface area contributed by atoms with Crippen LogP contribution in [0.2, 0.25) is 0 Å². The molecular formula is C7H8F3N3O2. The number of rotatable bonds is 2. The van der Waals surface area contributed by atoms with E-state index < -0.39 is 24.2 Å². The van der Waals surface area contributed by atoms with Crippen LogP contribution < -0.4 is 21.6 Å². The molecule has 84 valence electrons. The van der Waals surface area contributed by atoms with Crippen LogP contribution in [-0.4, -0.2) is 11.3 Å². The Hall–Kier alpha value is -1.70. The summed E-state index contributed by atoms with van der Waals surface area (Å²) in [6, 6.07) is 0. The molecule has 0 unspecified atom stereocenters. The number of aromatic nitrogens is 1. The zero-order chi connectivity index (χ0) is 11.6. The lowest BCUT2D eigenvalue weighted by Crippen LogP contribution is -2.24. The molecule has 0 bridgehead atoms. The van der Waals surface area contributed by atoms with Gasteiger partial charge in [0.25, 0.3) is 0 Å². The number of nitrogen functional groups attached to an aromatic ring is 1. The number of H-pyrrole nitrogens is 1. The van der Waals surface area contributed by atoms with Crippen molar-refractivity contribution in [1.29, 1.82) is 0 Å². The minimum Gasteiger partial charge on any atom is -0.394 e. The van der Waals surface area contributed by atoms with Gasteiger partial charge in [-0.3, -0.25) is 4.79 Å². The first-order chi connectivity index (χ1) is 6.85. The van der Waals surface area contributed by atoms with Crippen LogP contribution in [0, 0.1) is 0 Å². The summed E-state index contributed by atoms with van der Waals surface area (Å²) >= 11 is 0. The summed E-state index contributed by atoms with van der Waals surface area (Å²) in [6.07, 6.45) is -3.97. The molecule has 0 saturated carbocycles. The zero-order valence-electron chi connectivity index (χ0n) is 7.39. The third-order valence-corrected chi connectivity index (χ3v) is 1.59. The van der Waals surface area contributed by atoms with Crippen molar-refractivity contribution in [3.05, 3.63) is 22.0 Å². The van der Waals surface area contributed by atoms with Crippen LogP contribution in [0.4, 0.5) is 18.9 Å². The second-order valence-corrected chi connectivity index (χ2v) is 2.63. The Morgan fingerprint density at radius 1 is 1.47 bits per heavy atom. The topological polar surface area (TPSA) is 94.1 Å². The number of hydrogen-bond donors (Lipinski definition) is 3. The number of anilines is 1. The van der Waals surface area contributed by atoms with E-state index in [2.05, 4.69) is 9.72 Å². The molecule has 5 nitrogen and oxygen atoms in total. The number of halogens is 3. The molecule has 0 spiro atoms. The predicted octanol–water partition coefficient (Wildman–Crippen LogP) is 0.314. The van der Waals surface area contributed by atoms with Gasteiger partial charge in [0.05, 0.1) is 11.3 Å². The van der Waals surface area contributed by atoms with Gasteiger partial charge in [0.1, 0.15) is 0 Å². The van der Waals surface area contributed by atoms with Crippen molar-refractivity contribution >= 4 is 5.69 Å². The maximum absolute atomic E-state index is 11.9. The summed E-state index contributed by atoms with van der Waals surface area (Å²) in [5, 5.41) is 0. The molecule has 0 amide bonds. The summed E-state index contributed by atoms with van der Waals surface area (Å²) in [7, 11) is 0. The largest absolute Gasteiger partial charge is 0.574 e. The Morgan fingerprint density at radius 2 is 2.07 bits per heavy atom. The molecule has 0 saturated heterocycles. The number of alkyl halides is 3. The molecule has 15 heavy (non-hydrogen) atoms. The van der Waals surface area contributed by atoms with Crippen LogP contribution in [0.5, 0.6) is 5.88 Å². The molecule has 1 heterocycles. The van der Waals surface area contributed by atoms with Gasteiger partial charge in [-0.15, -0.1) is 13.2 Å². The van der Waals surface area contributed by atoms with Gasteiger partial charge in [-0.2, -0.15) is 0 Å². The van der Waals surface area contributed by atoms with Crippen molar-refractivity contribution in [3.8, 4) is 5.88 Å². The minimum absolute atomic E-state index is 0.218. The Bertz CT molecular complexity index is 413. The third kappa shape index (κ3) is 2.62. The lowest BCUT2D eigenvalue weighted by atomic mass is 10.2. The number of nitrogens with one attached hydrogen (secondary N) is 1. The fourth-order valence-electron chi connectivity index (χ4n) is 0.965. The van der Waals surface area contributed by atoms with Crippen molar-refractivity contribution in [2.45, 2.75) is 12.9 Å². The maximum Gasteiger partial charge on any atom is 0.574 e. The summed E-state index contributed by atoms with van der Waals surface area (Å²) in [5.74, 6) is -0.732. The van der Waals surface area contributed by atoms with E-state index in [1.807, 2.05) is 0 Å². The van der Waals surface area contributed by atoms with E-state index in [4.69, 9.17) is 11.5 Å². The molecule has 1 rings (SSSR count). The minimum atomic E-state index is -4.89. The third-order valence-electron chi connectivity index (χ3n) is 1.59. The monoisotopic (exact) mass is 223 g/mol. The first-order valence-electron chi connectivity index (χ1n) is 3.81. The Morgan fingerprint density at radius 3 is 2.53 bits per heavy atom. The van der Waals surface area contributed by atoms with Crippen LogP contribution in [0.25, 0.3) is 0 Å². The second kappa shape index (κ2) is 3.81. The number of aromatic amines is 1. The summed E-state index contributed by atoms with van der Waals surface area (Å²) in [4.78, 5) is 13.3. The van der Waals surface area contributed by atoms with Crippen LogP contribution in [0.15, 0.2) is 11.0 Å². The molecule has 1 aromatic rings. The first kappa shape index (κ1) is 11.4. The lowest BCUT2D eigenvalue weighted by molar-refractivity contribution is -0.276. The van der Waals surface area contributed by atoms with Gasteiger partial charge in [0, 0.05) is 12.7 Å². The van der Waals surface area contributed by atoms with Crippen molar-refractivity contribution in [3.63, 3.8) is 0 Å². The van der Waals surface area contributed by atoms with E-state index in [-0.39, 0.29) is 11.3 Å². The molecule has 1 aromatic heterocycles. The highest BCUT2D eigenvalue weighted by atomic mass is 19.4.